The summed E-state index contributed by atoms with van der Waals surface area (Å²) < 4.78 is 40.4. The maximum Gasteiger partial charge on any atom is 0.316 e. The number of nitrogens with zero attached hydrogens (tertiary/aromatic N) is 1. The van der Waals surface area contributed by atoms with Crippen molar-refractivity contribution in [2.45, 2.75) is 9.79 Å². The van der Waals surface area contributed by atoms with Gasteiger partial charge in [0.25, 0.3) is 10.0 Å². The molecular weight excluding hydrogens is 482 g/mol. The van der Waals surface area contributed by atoms with Crippen molar-refractivity contribution >= 4 is 59.2 Å². The first kappa shape index (κ1) is 21.3. The number of aromatic hydroxyl groups is 1. The van der Waals surface area contributed by atoms with Crippen molar-refractivity contribution in [1.82, 2.24) is 0 Å². The van der Waals surface area contributed by atoms with Crippen molar-refractivity contribution in [3.05, 3.63) is 59.1 Å². The molecule has 1 atom stereocenters. The summed E-state index contributed by atoms with van der Waals surface area (Å²) in [7, 11) is -4.68. The maximum absolute atomic E-state index is 13.1. The van der Waals surface area contributed by atoms with Gasteiger partial charge in [0.1, 0.15) is 11.5 Å². The Morgan fingerprint density at radius 3 is 2.28 bits per heavy atom. The number of aliphatic carboxylic acids is 1. The first-order chi connectivity index (χ1) is 13.6. The third-order valence-electron chi connectivity index (χ3n) is 4.27. The van der Waals surface area contributed by atoms with Gasteiger partial charge in [-0.25, -0.2) is 8.42 Å². The van der Waals surface area contributed by atoms with Crippen molar-refractivity contribution in [3.8, 4) is 5.75 Å². The van der Waals surface area contributed by atoms with Gasteiger partial charge in [0.2, 0.25) is 0 Å². The van der Waals surface area contributed by atoms with Gasteiger partial charge < -0.3 is 10.2 Å². The fourth-order valence-corrected chi connectivity index (χ4v) is 5.25. The molecule has 3 aromatic rings. The van der Waals surface area contributed by atoms with Crippen LogP contribution in [0.1, 0.15) is 0 Å². The predicted molar refractivity (Wildman–Crippen MR) is 114 cm³/mol. The fraction of sp³-hybridized carbons (Fsp3) is 0.105. The molecule has 0 aromatic heterocycles. The van der Waals surface area contributed by atoms with Crippen molar-refractivity contribution in [2.75, 3.05) is 17.1 Å². The summed E-state index contributed by atoms with van der Waals surface area (Å²) in [5.74, 6) is -2.35. The molecule has 3 aromatic carbocycles. The van der Waals surface area contributed by atoms with Crippen LogP contribution in [0.4, 0.5) is 5.69 Å². The molecular formula is C19H16BrNO6S2. The van der Waals surface area contributed by atoms with E-state index in [0.717, 1.165) is 8.78 Å². The molecule has 3 rings (SSSR count). The molecule has 0 saturated carbocycles. The highest BCUT2D eigenvalue weighted by Gasteiger charge is 2.26. The Bertz CT molecular complexity index is 1230. The SMILES string of the molecule is CN(c1cc(S(=O)CC(=O)O)c(O)c2ccccc12)S(=O)(=O)c1ccc(Br)cc1. The van der Waals surface area contributed by atoms with Gasteiger partial charge in [-0.1, -0.05) is 40.2 Å². The lowest BCUT2D eigenvalue weighted by Gasteiger charge is -2.23. The molecule has 0 fully saturated rings. The zero-order valence-electron chi connectivity index (χ0n) is 15.1. The van der Waals surface area contributed by atoms with E-state index in [2.05, 4.69) is 15.9 Å². The van der Waals surface area contributed by atoms with Crippen LogP contribution in [0, 0.1) is 0 Å². The van der Waals surface area contributed by atoms with Crippen LogP contribution in [-0.2, 0) is 25.6 Å². The Morgan fingerprint density at radius 2 is 1.69 bits per heavy atom. The molecule has 0 heterocycles. The Kier molecular flexibility index (Phi) is 5.97. The van der Waals surface area contributed by atoms with E-state index in [0.29, 0.717) is 5.39 Å². The maximum atomic E-state index is 13.1. The third kappa shape index (κ3) is 4.14. The Balaban J connectivity index is 2.22. The van der Waals surface area contributed by atoms with Gasteiger partial charge in [0.15, 0.2) is 0 Å². The van der Waals surface area contributed by atoms with E-state index in [1.54, 1.807) is 36.4 Å². The number of sulfonamides is 1. The van der Waals surface area contributed by atoms with E-state index in [1.807, 2.05) is 0 Å². The summed E-state index contributed by atoms with van der Waals surface area (Å²) in [5, 5.41) is 20.2. The van der Waals surface area contributed by atoms with Crippen molar-refractivity contribution < 1.29 is 27.6 Å². The van der Waals surface area contributed by atoms with Gasteiger partial charge in [-0.05, 0) is 30.3 Å². The lowest BCUT2D eigenvalue weighted by atomic mass is 10.1. The lowest BCUT2D eigenvalue weighted by Crippen LogP contribution is -2.27. The number of carbonyl (C=O) groups is 1. The molecule has 0 amide bonds. The summed E-state index contributed by atoms with van der Waals surface area (Å²) in [6.07, 6.45) is 0. The Hall–Kier alpha value is -2.43. The van der Waals surface area contributed by atoms with Gasteiger partial charge >= 0.3 is 5.97 Å². The van der Waals surface area contributed by atoms with Crippen molar-refractivity contribution in [3.63, 3.8) is 0 Å². The molecule has 0 aliphatic heterocycles. The normalized spacial score (nSPS) is 12.6. The van der Waals surface area contributed by atoms with Crippen LogP contribution in [0.5, 0.6) is 5.75 Å². The zero-order valence-corrected chi connectivity index (χ0v) is 18.3. The summed E-state index contributed by atoms with van der Waals surface area (Å²) in [5.41, 5.74) is 0.176. The van der Waals surface area contributed by atoms with Gasteiger partial charge in [-0.2, -0.15) is 0 Å². The number of benzene rings is 3. The van der Waals surface area contributed by atoms with Crippen LogP contribution in [-0.4, -0.2) is 41.6 Å². The minimum Gasteiger partial charge on any atom is -0.506 e. The number of hydrogen-bond acceptors (Lipinski definition) is 5. The molecule has 0 aliphatic carbocycles. The molecule has 1 unspecified atom stereocenters. The zero-order chi connectivity index (χ0) is 21.3. The molecule has 0 aliphatic rings. The van der Waals surface area contributed by atoms with E-state index in [9.17, 15) is 22.5 Å². The quantitative estimate of drug-likeness (QED) is 0.540. The molecule has 0 spiro atoms. The first-order valence-corrected chi connectivity index (χ1v) is 11.8. The second kappa shape index (κ2) is 8.13. The van der Waals surface area contributed by atoms with Gasteiger partial charge in [-0.3, -0.25) is 13.3 Å². The predicted octanol–water partition coefficient (Wildman–Crippen LogP) is 3.33. The largest absolute Gasteiger partial charge is 0.506 e. The smallest absolute Gasteiger partial charge is 0.316 e. The van der Waals surface area contributed by atoms with Crippen LogP contribution in [0.15, 0.2) is 68.9 Å². The second-order valence-electron chi connectivity index (χ2n) is 6.10. The topological polar surface area (TPSA) is 112 Å². The molecule has 7 nitrogen and oxygen atoms in total. The molecule has 29 heavy (non-hydrogen) atoms. The highest BCUT2D eigenvalue weighted by Crippen LogP contribution is 2.39. The molecule has 0 bridgehead atoms. The number of halogens is 1. The minimum atomic E-state index is -3.96. The van der Waals surface area contributed by atoms with Crippen molar-refractivity contribution in [2.24, 2.45) is 0 Å². The summed E-state index contributed by atoms with van der Waals surface area (Å²) in [6, 6.07) is 13.8. The Labute approximate surface area is 178 Å². The van der Waals surface area contributed by atoms with E-state index >= 15 is 0 Å². The first-order valence-electron chi connectivity index (χ1n) is 8.22. The number of phenolic OH excluding ortho intramolecular Hbond substituents is 1. The standard InChI is InChI=1S/C19H16BrNO6S2/c1-21(29(26,27)13-8-6-12(20)7-9-13)16-10-17(28(25)11-18(22)23)19(24)15-5-3-2-4-14(15)16/h2-10,24H,11H2,1H3,(H,22,23). The lowest BCUT2D eigenvalue weighted by molar-refractivity contribution is -0.133. The summed E-state index contributed by atoms with van der Waals surface area (Å²) in [4.78, 5) is 10.9. The number of hydrogen-bond donors (Lipinski definition) is 2. The molecule has 152 valence electrons. The van der Waals surface area contributed by atoms with E-state index in [1.165, 1.54) is 25.2 Å². The van der Waals surface area contributed by atoms with E-state index in [-0.39, 0.29) is 26.6 Å². The molecule has 0 radical (unpaired) electrons. The number of phenols is 1. The highest BCUT2D eigenvalue weighted by molar-refractivity contribution is 9.10. The van der Waals surface area contributed by atoms with Gasteiger partial charge in [0, 0.05) is 22.3 Å². The molecule has 0 saturated heterocycles. The molecule has 10 heteroatoms. The fourth-order valence-electron chi connectivity index (χ4n) is 2.83. The van der Waals surface area contributed by atoms with Gasteiger partial charge in [-0.15, -0.1) is 0 Å². The minimum absolute atomic E-state index is 0.0496. The average Bonchev–Trinajstić information content (AvgIpc) is 2.67. The summed E-state index contributed by atoms with van der Waals surface area (Å²) in [6.45, 7) is 0. The van der Waals surface area contributed by atoms with Crippen LogP contribution in [0.3, 0.4) is 0 Å². The molecule has 2 N–H and O–H groups in total. The van der Waals surface area contributed by atoms with E-state index < -0.39 is 32.5 Å². The number of rotatable bonds is 6. The van der Waals surface area contributed by atoms with Crippen LogP contribution >= 0.6 is 15.9 Å². The number of anilines is 1. The van der Waals surface area contributed by atoms with Gasteiger partial charge in [0.05, 0.1) is 26.3 Å². The van der Waals surface area contributed by atoms with Crippen LogP contribution in [0.25, 0.3) is 10.8 Å². The average molecular weight is 498 g/mol. The number of carboxylic acids is 1. The van der Waals surface area contributed by atoms with Crippen LogP contribution < -0.4 is 4.31 Å². The van der Waals surface area contributed by atoms with E-state index in [4.69, 9.17) is 5.11 Å². The highest BCUT2D eigenvalue weighted by atomic mass is 79.9. The number of carboxylic acid groups (broad SMARTS) is 1. The van der Waals surface area contributed by atoms with Crippen LogP contribution in [0.2, 0.25) is 0 Å². The Morgan fingerprint density at radius 1 is 1.10 bits per heavy atom. The second-order valence-corrected chi connectivity index (χ2v) is 10.4. The third-order valence-corrected chi connectivity index (χ3v) is 7.90. The monoisotopic (exact) mass is 497 g/mol. The number of fused-ring (bicyclic) bond motifs is 1. The summed E-state index contributed by atoms with van der Waals surface area (Å²) >= 11 is 3.26. The van der Waals surface area contributed by atoms with Crippen molar-refractivity contribution in [1.29, 1.82) is 0 Å².